The van der Waals surface area contributed by atoms with Gasteiger partial charge in [-0.15, -0.1) is 35.4 Å². The van der Waals surface area contributed by atoms with E-state index in [0.717, 1.165) is 11.3 Å². The molecule has 1 aromatic heterocycles. The van der Waals surface area contributed by atoms with Crippen LogP contribution in [0.15, 0.2) is 60.5 Å². The van der Waals surface area contributed by atoms with Crippen LogP contribution in [0.4, 0.5) is 0 Å². The number of carbonyl (C=O) groups excluding carboxylic acids is 1. The van der Waals surface area contributed by atoms with Crippen LogP contribution in [0, 0.1) is 6.07 Å². The molecule has 0 bridgehead atoms. The number of aromatic nitrogens is 1. The van der Waals surface area contributed by atoms with Crippen LogP contribution in [0.25, 0.3) is 22.0 Å². The number of benzene rings is 2. The van der Waals surface area contributed by atoms with Crippen molar-refractivity contribution in [2.24, 2.45) is 0 Å². The smallest absolute Gasteiger partial charge is 0.155 e. The summed E-state index contributed by atoms with van der Waals surface area (Å²) in [5, 5.41) is 10.9. The van der Waals surface area contributed by atoms with Crippen molar-refractivity contribution in [2.75, 3.05) is 0 Å². The number of hydrogen-bond acceptors (Lipinski definition) is 3. The Morgan fingerprint density at radius 2 is 1.81 bits per heavy atom. The molecule has 1 N–H and O–H groups in total. The number of pyridine rings is 1. The first kappa shape index (κ1) is 21.0. The number of carbonyl (C=O) groups is 1. The zero-order valence-corrected chi connectivity index (χ0v) is 18.2. The van der Waals surface area contributed by atoms with E-state index in [-0.39, 0.29) is 37.1 Å². The Morgan fingerprint density at radius 1 is 1.11 bits per heavy atom. The summed E-state index contributed by atoms with van der Waals surface area (Å²) < 4.78 is 0. The van der Waals surface area contributed by atoms with Gasteiger partial charge in [-0.2, -0.15) is 0 Å². The third-order valence-electron chi connectivity index (χ3n) is 4.64. The van der Waals surface area contributed by atoms with Gasteiger partial charge in [0, 0.05) is 32.4 Å². The van der Waals surface area contributed by atoms with Gasteiger partial charge in [0.25, 0.3) is 0 Å². The quantitative estimate of drug-likeness (QED) is 0.258. The van der Waals surface area contributed by atoms with Crippen LogP contribution < -0.4 is 0 Å². The van der Waals surface area contributed by atoms with Crippen molar-refractivity contribution in [3.8, 4) is 11.3 Å². The second kappa shape index (κ2) is 8.16. The molecule has 0 amide bonds. The number of rotatable bonds is 1. The largest absolute Gasteiger partial charge is 0.512 e. The van der Waals surface area contributed by atoms with Crippen LogP contribution in [-0.4, -0.2) is 15.9 Å². The SMILES string of the molecule is CC(=O)C=C(C)O.CC1(C)c2ccc[c-]c2-c2nccc3cccc1c23.[Ir]. The first-order valence-corrected chi connectivity index (χ1v) is 8.60. The zero-order valence-electron chi connectivity index (χ0n) is 15.8. The minimum Gasteiger partial charge on any atom is -0.512 e. The Hall–Kier alpha value is -2.29. The molecule has 4 heteroatoms. The predicted octanol–water partition coefficient (Wildman–Crippen LogP) is 5.38. The summed E-state index contributed by atoms with van der Waals surface area (Å²) >= 11 is 0. The van der Waals surface area contributed by atoms with Crippen molar-refractivity contribution in [1.82, 2.24) is 4.98 Å². The minimum absolute atomic E-state index is 0. The van der Waals surface area contributed by atoms with Gasteiger partial charge in [0.15, 0.2) is 5.78 Å². The Balaban J connectivity index is 0.000000285. The Morgan fingerprint density at radius 3 is 2.44 bits per heavy atom. The number of ketones is 1. The van der Waals surface area contributed by atoms with Crippen LogP contribution in [-0.2, 0) is 30.3 Å². The van der Waals surface area contributed by atoms with Gasteiger partial charge in [0.2, 0.25) is 0 Å². The molecule has 1 aliphatic carbocycles. The van der Waals surface area contributed by atoms with Gasteiger partial charge in [0.1, 0.15) is 0 Å². The molecule has 0 spiro atoms. The maximum absolute atomic E-state index is 10.0. The topological polar surface area (TPSA) is 50.2 Å². The van der Waals surface area contributed by atoms with Crippen LogP contribution in [0.1, 0.15) is 38.8 Å². The fourth-order valence-electron chi connectivity index (χ4n) is 3.53. The van der Waals surface area contributed by atoms with Crippen molar-refractivity contribution in [2.45, 2.75) is 33.1 Å². The summed E-state index contributed by atoms with van der Waals surface area (Å²) in [5.41, 5.74) is 4.90. The Kier molecular flexibility index (Phi) is 6.35. The molecular formula is C23H22IrNO2-. The average Bonchev–Trinajstić information content (AvgIpc) is 2.59. The van der Waals surface area contributed by atoms with E-state index in [1.807, 2.05) is 12.3 Å². The van der Waals surface area contributed by atoms with Gasteiger partial charge >= 0.3 is 0 Å². The van der Waals surface area contributed by atoms with Crippen molar-refractivity contribution in [1.29, 1.82) is 0 Å². The summed E-state index contributed by atoms with van der Waals surface area (Å²) in [5.74, 6) is -0.0625. The van der Waals surface area contributed by atoms with Crippen LogP contribution in [0.3, 0.4) is 0 Å². The van der Waals surface area contributed by atoms with Crippen LogP contribution >= 0.6 is 0 Å². The summed E-state index contributed by atoms with van der Waals surface area (Å²) in [7, 11) is 0. The molecule has 0 atom stereocenters. The molecule has 0 unspecified atom stereocenters. The molecule has 4 rings (SSSR count). The van der Waals surface area contributed by atoms with E-state index < -0.39 is 0 Å². The van der Waals surface area contributed by atoms with E-state index in [1.165, 1.54) is 41.8 Å². The van der Waals surface area contributed by atoms with Crippen molar-refractivity contribution < 1.29 is 30.0 Å². The molecule has 0 saturated carbocycles. The van der Waals surface area contributed by atoms with Gasteiger partial charge in [-0.3, -0.25) is 4.79 Å². The Labute approximate surface area is 173 Å². The molecule has 0 fully saturated rings. The summed E-state index contributed by atoms with van der Waals surface area (Å²) in [6.07, 6.45) is 3.06. The molecule has 3 aromatic rings. The van der Waals surface area contributed by atoms with E-state index in [2.05, 4.69) is 61.3 Å². The second-order valence-electron chi connectivity index (χ2n) is 7.04. The molecular weight excluding hydrogens is 514 g/mol. The molecule has 3 nitrogen and oxygen atoms in total. The van der Waals surface area contributed by atoms with Crippen molar-refractivity contribution in [3.63, 3.8) is 0 Å². The van der Waals surface area contributed by atoms with Crippen molar-refractivity contribution >= 4 is 16.6 Å². The normalized spacial score (nSPS) is 13.7. The van der Waals surface area contributed by atoms with Gasteiger partial charge in [-0.1, -0.05) is 32.0 Å². The van der Waals surface area contributed by atoms with Crippen molar-refractivity contribution in [3.05, 3.63) is 77.7 Å². The number of hydrogen-bond donors (Lipinski definition) is 1. The van der Waals surface area contributed by atoms with Gasteiger partial charge < -0.3 is 10.1 Å². The van der Waals surface area contributed by atoms with E-state index in [1.54, 1.807) is 0 Å². The van der Waals surface area contributed by atoms with E-state index in [4.69, 9.17) is 5.11 Å². The monoisotopic (exact) mass is 537 g/mol. The Bertz CT molecular complexity index is 1010. The number of allylic oxidation sites excluding steroid dienone is 2. The van der Waals surface area contributed by atoms with E-state index in [0.29, 0.717) is 0 Å². The maximum Gasteiger partial charge on any atom is 0.155 e. The summed E-state index contributed by atoms with van der Waals surface area (Å²) in [6.45, 7) is 7.41. The number of aliphatic hydroxyl groups excluding tert-OH is 1. The van der Waals surface area contributed by atoms with E-state index >= 15 is 0 Å². The minimum atomic E-state index is -0.125. The molecule has 1 aliphatic rings. The van der Waals surface area contributed by atoms with Gasteiger partial charge in [-0.05, 0) is 47.4 Å². The molecule has 1 heterocycles. The van der Waals surface area contributed by atoms with Gasteiger partial charge in [0.05, 0.1) is 5.76 Å². The molecule has 27 heavy (non-hydrogen) atoms. The third kappa shape index (κ3) is 4.02. The fourth-order valence-corrected chi connectivity index (χ4v) is 3.53. The maximum atomic E-state index is 10.0. The molecule has 1 radical (unpaired) electrons. The van der Waals surface area contributed by atoms with Gasteiger partial charge in [-0.25, -0.2) is 0 Å². The molecule has 0 aliphatic heterocycles. The summed E-state index contributed by atoms with van der Waals surface area (Å²) in [4.78, 5) is 14.6. The molecule has 0 saturated heterocycles. The average molecular weight is 537 g/mol. The van der Waals surface area contributed by atoms with Crippen LogP contribution in [0.2, 0.25) is 0 Å². The number of aliphatic hydroxyl groups is 1. The first-order valence-electron chi connectivity index (χ1n) is 8.60. The number of fused-ring (bicyclic) bond motifs is 2. The van der Waals surface area contributed by atoms with Crippen LogP contribution in [0.5, 0.6) is 0 Å². The summed E-state index contributed by atoms with van der Waals surface area (Å²) in [6, 6.07) is 18.2. The first-order chi connectivity index (χ1) is 12.3. The molecule has 141 valence electrons. The zero-order chi connectivity index (χ0) is 18.9. The fraction of sp³-hybridized carbons (Fsp3) is 0.217. The standard InChI is InChI=1S/C18H14N.C5H8O2.Ir/c1-18(2)14-8-4-3-7-13(14)17-16-12(10-11-19-17)6-5-9-15(16)18;1-4(6)3-5(2)7;/h3-6,8-11H,1-2H3;3,6H,1-2H3;/q-1;;. The number of nitrogens with zero attached hydrogens (tertiary/aromatic N) is 1. The second-order valence-corrected chi connectivity index (χ2v) is 7.04. The molecule has 2 aromatic carbocycles. The van der Waals surface area contributed by atoms with E-state index in [9.17, 15) is 4.79 Å². The third-order valence-corrected chi connectivity index (χ3v) is 4.64. The predicted molar refractivity (Wildman–Crippen MR) is 105 cm³/mol.